The highest BCUT2D eigenvalue weighted by Crippen LogP contribution is 2.39. The third-order valence-electron chi connectivity index (χ3n) is 4.93. The quantitative estimate of drug-likeness (QED) is 0.628. The Morgan fingerprint density at radius 3 is 2.75 bits per heavy atom. The van der Waals surface area contributed by atoms with Crippen LogP contribution in [0.4, 0.5) is 15.9 Å². The van der Waals surface area contributed by atoms with Crippen molar-refractivity contribution >= 4 is 23.1 Å². The maximum absolute atomic E-state index is 13.1. The molecule has 1 aromatic heterocycles. The summed E-state index contributed by atoms with van der Waals surface area (Å²) in [5, 5.41) is 3.32. The molecule has 0 saturated heterocycles. The first-order valence-corrected chi connectivity index (χ1v) is 9.67. The second-order valence-corrected chi connectivity index (χ2v) is 7.44. The van der Waals surface area contributed by atoms with Crippen molar-refractivity contribution in [3.8, 4) is 5.75 Å². The molecule has 2 aromatic rings. The minimum absolute atomic E-state index is 0.0201. The molecule has 1 atom stereocenters. The summed E-state index contributed by atoms with van der Waals surface area (Å²) in [5.41, 5.74) is 2.33. The van der Waals surface area contributed by atoms with Gasteiger partial charge in [0.1, 0.15) is 17.6 Å². The van der Waals surface area contributed by atoms with Crippen LogP contribution in [0.5, 0.6) is 5.75 Å². The smallest absolute Gasteiger partial charge is 0.294 e. The van der Waals surface area contributed by atoms with Gasteiger partial charge in [-0.15, -0.1) is 0 Å². The predicted octanol–water partition coefficient (Wildman–Crippen LogP) is 4.20. The number of aromatic nitrogens is 2. The average Bonchev–Trinajstić information content (AvgIpc) is 3.49. The van der Waals surface area contributed by atoms with Crippen LogP contribution in [0.15, 0.2) is 23.1 Å². The van der Waals surface area contributed by atoms with Crippen molar-refractivity contribution in [2.75, 3.05) is 32.3 Å². The summed E-state index contributed by atoms with van der Waals surface area (Å²) >= 11 is 6.21. The lowest BCUT2D eigenvalue weighted by molar-refractivity contribution is 0.0833. The molecule has 0 bridgehead atoms. The molecule has 1 aromatic carbocycles. The Morgan fingerprint density at radius 2 is 2.11 bits per heavy atom. The molecule has 0 aliphatic heterocycles. The summed E-state index contributed by atoms with van der Waals surface area (Å²) in [6, 6.07) is 3.63. The maximum atomic E-state index is 13.1. The van der Waals surface area contributed by atoms with Crippen molar-refractivity contribution in [1.29, 1.82) is 0 Å². The number of nitrogens with one attached hydrogen (secondary N) is 1. The third-order valence-corrected chi connectivity index (χ3v) is 5.11. The number of methoxy groups -OCH3 is 1. The molecule has 152 valence electrons. The zero-order valence-electron chi connectivity index (χ0n) is 16.3. The molecule has 0 amide bonds. The van der Waals surface area contributed by atoms with Crippen molar-refractivity contribution in [2.24, 2.45) is 5.92 Å². The first-order valence-electron chi connectivity index (χ1n) is 9.29. The maximum Gasteiger partial charge on any atom is 0.294 e. The van der Waals surface area contributed by atoms with Crippen molar-refractivity contribution in [1.82, 2.24) is 9.55 Å². The number of hydrogen-bond acceptors (Lipinski definition) is 5. The van der Waals surface area contributed by atoms with Gasteiger partial charge in [0.05, 0.1) is 26.4 Å². The topological polar surface area (TPSA) is 65.4 Å². The lowest BCUT2D eigenvalue weighted by atomic mass is 10.1. The van der Waals surface area contributed by atoms with E-state index in [0.29, 0.717) is 5.92 Å². The van der Waals surface area contributed by atoms with Crippen LogP contribution in [-0.2, 0) is 4.74 Å². The van der Waals surface area contributed by atoms with Crippen LogP contribution in [0, 0.1) is 19.8 Å². The summed E-state index contributed by atoms with van der Waals surface area (Å²) in [4.78, 5) is 17.3. The van der Waals surface area contributed by atoms with Crippen LogP contribution in [-0.4, -0.2) is 36.5 Å². The van der Waals surface area contributed by atoms with Gasteiger partial charge in [0.15, 0.2) is 5.82 Å². The van der Waals surface area contributed by atoms with Crippen LogP contribution in [0.3, 0.4) is 0 Å². The SMILES string of the molecule is COc1cc(C)c(Nc2nc(Cl)cn([C@@H](COCCF)C3CC3)c2=O)cc1C. The van der Waals surface area contributed by atoms with E-state index >= 15 is 0 Å². The van der Waals surface area contributed by atoms with Gasteiger partial charge in [0, 0.05) is 11.9 Å². The van der Waals surface area contributed by atoms with E-state index in [4.69, 9.17) is 21.1 Å². The van der Waals surface area contributed by atoms with Gasteiger partial charge in [-0.1, -0.05) is 11.6 Å². The van der Waals surface area contributed by atoms with Gasteiger partial charge in [-0.05, 0) is 55.9 Å². The number of rotatable bonds is 9. The van der Waals surface area contributed by atoms with Gasteiger partial charge in [0.2, 0.25) is 0 Å². The molecular weight excluding hydrogens is 385 g/mol. The minimum atomic E-state index is -0.549. The number of nitrogens with zero attached hydrogens (tertiary/aromatic N) is 2. The van der Waals surface area contributed by atoms with E-state index in [-0.39, 0.29) is 35.8 Å². The van der Waals surface area contributed by atoms with Gasteiger partial charge in [-0.3, -0.25) is 4.79 Å². The lowest BCUT2D eigenvalue weighted by Crippen LogP contribution is -2.31. The fourth-order valence-corrected chi connectivity index (χ4v) is 3.45. The summed E-state index contributed by atoms with van der Waals surface area (Å²) in [5.74, 6) is 1.25. The van der Waals surface area contributed by atoms with Crippen molar-refractivity contribution in [2.45, 2.75) is 32.7 Å². The molecular formula is C20H25ClFN3O3. The second kappa shape index (κ2) is 8.92. The van der Waals surface area contributed by atoms with Crippen LogP contribution in [0.2, 0.25) is 5.15 Å². The highest BCUT2D eigenvalue weighted by atomic mass is 35.5. The molecule has 1 heterocycles. The molecule has 8 heteroatoms. The number of ether oxygens (including phenoxy) is 2. The summed E-state index contributed by atoms with van der Waals surface area (Å²) in [6.45, 7) is 3.59. The fourth-order valence-electron chi connectivity index (χ4n) is 3.26. The molecule has 6 nitrogen and oxygen atoms in total. The molecule has 0 spiro atoms. The van der Waals surface area contributed by atoms with Crippen LogP contribution in [0.25, 0.3) is 0 Å². The molecule has 28 heavy (non-hydrogen) atoms. The first-order chi connectivity index (χ1) is 13.4. The number of anilines is 2. The van der Waals surface area contributed by atoms with E-state index in [1.165, 1.54) is 6.20 Å². The molecule has 1 aliphatic rings. The Bertz CT molecular complexity index is 899. The van der Waals surface area contributed by atoms with E-state index in [2.05, 4.69) is 10.3 Å². The highest BCUT2D eigenvalue weighted by Gasteiger charge is 2.34. The number of halogens is 2. The normalized spacial score (nSPS) is 14.8. The average molecular weight is 410 g/mol. The van der Waals surface area contributed by atoms with Crippen molar-refractivity contribution in [3.63, 3.8) is 0 Å². The van der Waals surface area contributed by atoms with E-state index in [0.717, 1.165) is 35.4 Å². The zero-order valence-corrected chi connectivity index (χ0v) is 17.1. The molecule has 1 fully saturated rings. The lowest BCUT2D eigenvalue weighted by Gasteiger charge is -2.21. The van der Waals surface area contributed by atoms with E-state index in [1.807, 2.05) is 26.0 Å². The summed E-state index contributed by atoms with van der Waals surface area (Å²) in [7, 11) is 1.62. The molecule has 1 aliphatic carbocycles. The highest BCUT2D eigenvalue weighted by molar-refractivity contribution is 6.29. The molecule has 0 radical (unpaired) electrons. The van der Waals surface area contributed by atoms with Gasteiger partial charge in [-0.2, -0.15) is 0 Å². The Labute approximate surface area is 168 Å². The minimum Gasteiger partial charge on any atom is -0.496 e. The van der Waals surface area contributed by atoms with Crippen LogP contribution >= 0.6 is 11.6 Å². The number of alkyl halides is 1. The van der Waals surface area contributed by atoms with Crippen LogP contribution < -0.4 is 15.6 Å². The van der Waals surface area contributed by atoms with E-state index < -0.39 is 6.67 Å². The van der Waals surface area contributed by atoms with Gasteiger partial charge < -0.3 is 19.4 Å². The Balaban J connectivity index is 1.93. The van der Waals surface area contributed by atoms with Gasteiger partial charge >= 0.3 is 0 Å². The monoisotopic (exact) mass is 409 g/mol. The van der Waals surface area contributed by atoms with Crippen LogP contribution in [0.1, 0.15) is 30.0 Å². The van der Waals surface area contributed by atoms with Gasteiger partial charge in [0.25, 0.3) is 5.56 Å². The Hall–Kier alpha value is -2.12. The van der Waals surface area contributed by atoms with E-state index in [1.54, 1.807) is 11.7 Å². The number of aryl methyl sites for hydroxylation is 2. The van der Waals surface area contributed by atoms with Crippen molar-refractivity contribution < 1.29 is 13.9 Å². The van der Waals surface area contributed by atoms with E-state index in [9.17, 15) is 9.18 Å². The second-order valence-electron chi connectivity index (χ2n) is 7.06. The molecule has 3 rings (SSSR count). The standard InChI is InChI=1S/C20H25ClFN3O3/c1-12-9-17(27-3)13(2)8-15(12)23-19-20(26)25(10-18(21)24-19)16(14-4-5-14)11-28-7-6-22/h8-10,14,16H,4-7,11H2,1-3H3,(H,23,24)/t16-/m0/s1. The molecule has 0 unspecified atom stereocenters. The summed E-state index contributed by atoms with van der Waals surface area (Å²) in [6.07, 6.45) is 3.55. The zero-order chi connectivity index (χ0) is 20.3. The number of benzene rings is 1. The van der Waals surface area contributed by atoms with Gasteiger partial charge in [-0.25, -0.2) is 9.37 Å². The molecule has 1 saturated carbocycles. The Kier molecular flexibility index (Phi) is 6.57. The number of hydrogen-bond donors (Lipinski definition) is 1. The van der Waals surface area contributed by atoms with Crippen molar-refractivity contribution in [3.05, 3.63) is 45.0 Å². The fraction of sp³-hybridized carbons (Fsp3) is 0.500. The Morgan fingerprint density at radius 1 is 1.36 bits per heavy atom. The largest absolute Gasteiger partial charge is 0.496 e. The first kappa shape index (κ1) is 20.6. The molecule has 1 N–H and O–H groups in total. The summed E-state index contributed by atoms with van der Waals surface area (Å²) < 4.78 is 24.7. The predicted molar refractivity (Wildman–Crippen MR) is 108 cm³/mol. The third kappa shape index (κ3) is 4.64.